The van der Waals surface area contributed by atoms with Gasteiger partial charge in [0, 0.05) is 28.7 Å². The van der Waals surface area contributed by atoms with E-state index in [9.17, 15) is 18.9 Å². The topological polar surface area (TPSA) is 55.2 Å². The van der Waals surface area contributed by atoms with Crippen LogP contribution in [0.5, 0.6) is 0 Å². The molecule has 0 amide bonds. The Morgan fingerprint density at radius 3 is 2.60 bits per heavy atom. The molecule has 2 rings (SSSR count). The van der Waals surface area contributed by atoms with Gasteiger partial charge in [0.1, 0.15) is 17.3 Å². The zero-order chi connectivity index (χ0) is 14.7. The van der Waals surface area contributed by atoms with Crippen molar-refractivity contribution in [3.05, 3.63) is 68.2 Å². The quantitative estimate of drug-likeness (QED) is 0.667. The van der Waals surface area contributed by atoms with Gasteiger partial charge in [0.15, 0.2) is 0 Å². The summed E-state index contributed by atoms with van der Waals surface area (Å²) in [5.74, 6) is -1.36. The summed E-state index contributed by atoms with van der Waals surface area (Å²) in [5, 5.41) is 13.7. The second-order valence-corrected chi connectivity index (χ2v) is 4.92. The first-order valence-corrected chi connectivity index (χ1v) is 6.38. The van der Waals surface area contributed by atoms with Crippen LogP contribution < -0.4 is 5.32 Å². The summed E-state index contributed by atoms with van der Waals surface area (Å²) in [6, 6.07) is 7.70. The predicted molar refractivity (Wildman–Crippen MR) is 74.5 cm³/mol. The van der Waals surface area contributed by atoms with Crippen LogP contribution in [0.4, 0.5) is 20.2 Å². The van der Waals surface area contributed by atoms with E-state index in [2.05, 4.69) is 21.2 Å². The van der Waals surface area contributed by atoms with Crippen LogP contribution in [0.25, 0.3) is 0 Å². The van der Waals surface area contributed by atoms with Crippen molar-refractivity contribution in [3.63, 3.8) is 0 Å². The number of anilines is 1. The molecule has 0 atom stereocenters. The third-order valence-electron chi connectivity index (χ3n) is 2.64. The molecule has 0 bridgehead atoms. The van der Waals surface area contributed by atoms with E-state index >= 15 is 0 Å². The Balaban J connectivity index is 2.20. The first-order chi connectivity index (χ1) is 9.47. The average molecular weight is 343 g/mol. The summed E-state index contributed by atoms with van der Waals surface area (Å²) in [5.41, 5.74) is 0.368. The fraction of sp³-hybridized carbons (Fsp3) is 0.0769. The monoisotopic (exact) mass is 342 g/mol. The Morgan fingerprint density at radius 1 is 1.20 bits per heavy atom. The molecule has 1 N–H and O–H groups in total. The van der Waals surface area contributed by atoms with Crippen molar-refractivity contribution in [2.75, 3.05) is 5.32 Å². The maximum Gasteiger partial charge on any atom is 0.293 e. The number of nitrogens with one attached hydrogen (secondary N) is 1. The first-order valence-electron chi connectivity index (χ1n) is 5.59. The van der Waals surface area contributed by atoms with Gasteiger partial charge < -0.3 is 5.32 Å². The SMILES string of the molecule is O=[N+]([O-])c1cc(Br)ccc1NCc1ccc(F)cc1F. The number of nitro groups is 1. The molecule has 4 nitrogen and oxygen atoms in total. The Bertz CT molecular complexity index is 665. The first kappa shape index (κ1) is 14.4. The number of nitro benzene ring substituents is 1. The maximum absolute atomic E-state index is 13.5. The number of rotatable bonds is 4. The third-order valence-corrected chi connectivity index (χ3v) is 3.13. The number of hydrogen-bond acceptors (Lipinski definition) is 3. The summed E-state index contributed by atoms with van der Waals surface area (Å²) in [6.45, 7) is 0.0224. The Hall–Kier alpha value is -2.02. The molecule has 0 spiro atoms. The zero-order valence-corrected chi connectivity index (χ0v) is 11.7. The highest BCUT2D eigenvalue weighted by molar-refractivity contribution is 9.10. The van der Waals surface area contributed by atoms with Gasteiger partial charge in [0.25, 0.3) is 5.69 Å². The molecule has 0 heterocycles. The van der Waals surface area contributed by atoms with Crippen LogP contribution in [0.15, 0.2) is 40.9 Å². The van der Waals surface area contributed by atoms with E-state index in [0.717, 1.165) is 12.1 Å². The maximum atomic E-state index is 13.5. The highest BCUT2D eigenvalue weighted by Gasteiger charge is 2.14. The number of hydrogen-bond donors (Lipinski definition) is 1. The van der Waals surface area contributed by atoms with Gasteiger partial charge in [-0.3, -0.25) is 10.1 Å². The van der Waals surface area contributed by atoms with Gasteiger partial charge in [-0.05, 0) is 18.2 Å². The van der Waals surface area contributed by atoms with Gasteiger partial charge in [-0.2, -0.15) is 0 Å². The minimum Gasteiger partial charge on any atom is -0.375 e. The van der Waals surface area contributed by atoms with Crippen molar-refractivity contribution in [1.82, 2.24) is 0 Å². The van der Waals surface area contributed by atoms with Crippen molar-refractivity contribution >= 4 is 27.3 Å². The van der Waals surface area contributed by atoms with Crippen LogP contribution in [-0.2, 0) is 6.54 Å². The Labute approximate surface area is 121 Å². The molecule has 0 aliphatic carbocycles. The molecule has 20 heavy (non-hydrogen) atoms. The minimum absolute atomic E-state index is 0.0224. The normalized spacial score (nSPS) is 10.3. The van der Waals surface area contributed by atoms with Gasteiger partial charge in [0.2, 0.25) is 0 Å². The number of halogens is 3. The molecule has 0 saturated heterocycles. The standard InChI is InChI=1S/C13H9BrF2N2O2/c14-9-2-4-12(13(5-9)18(19)20)17-7-8-1-3-10(15)6-11(8)16/h1-6,17H,7H2. The highest BCUT2D eigenvalue weighted by atomic mass is 79.9. The second kappa shape index (κ2) is 5.96. The van der Waals surface area contributed by atoms with E-state index in [1.807, 2.05) is 0 Å². The highest BCUT2D eigenvalue weighted by Crippen LogP contribution is 2.28. The van der Waals surface area contributed by atoms with E-state index in [1.54, 1.807) is 6.07 Å². The van der Waals surface area contributed by atoms with Gasteiger partial charge in [0.05, 0.1) is 4.92 Å². The largest absolute Gasteiger partial charge is 0.375 e. The summed E-state index contributed by atoms with van der Waals surface area (Å²) in [7, 11) is 0. The van der Waals surface area contributed by atoms with Crippen LogP contribution in [-0.4, -0.2) is 4.92 Å². The van der Waals surface area contributed by atoms with Crippen LogP contribution in [0.3, 0.4) is 0 Å². The van der Waals surface area contributed by atoms with E-state index in [1.165, 1.54) is 18.2 Å². The van der Waals surface area contributed by atoms with Gasteiger partial charge >= 0.3 is 0 Å². The summed E-state index contributed by atoms with van der Waals surface area (Å²) in [6.07, 6.45) is 0. The molecule has 7 heteroatoms. The van der Waals surface area contributed by atoms with Crippen LogP contribution in [0, 0.1) is 21.7 Å². The summed E-state index contributed by atoms with van der Waals surface area (Å²) in [4.78, 5) is 10.4. The van der Waals surface area contributed by atoms with E-state index in [-0.39, 0.29) is 23.5 Å². The molecule has 0 saturated carbocycles. The van der Waals surface area contributed by atoms with Crippen LogP contribution in [0.2, 0.25) is 0 Å². The van der Waals surface area contributed by atoms with Crippen molar-refractivity contribution in [2.24, 2.45) is 0 Å². The van der Waals surface area contributed by atoms with E-state index < -0.39 is 16.6 Å². The summed E-state index contributed by atoms with van der Waals surface area (Å²) >= 11 is 3.15. The van der Waals surface area contributed by atoms with Crippen LogP contribution >= 0.6 is 15.9 Å². The molecule has 104 valence electrons. The smallest absolute Gasteiger partial charge is 0.293 e. The minimum atomic E-state index is -0.697. The van der Waals surface area contributed by atoms with Crippen molar-refractivity contribution in [1.29, 1.82) is 0 Å². The predicted octanol–water partition coefficient (Wildman–Crippen LogP) is 4.25. The lowest BCUT2D eigenvalue weighted by Crippen LogP contribution is -2.04. The summed E-state index contributed by atoms with van der Waals surface area (Å²) < 4.78 is 26.8. The lowest BCUT2D eigenvalue weighted by Gasteiger charge is -2.08. The molecule has 0 radical (unpaired) electrons. The van der Waals surface area contributed by atoms with E-state index in [4.69, 9.17) is 0 Å². The van der Waals surface area contributed by atoms with Gasteiger partial charge in [-0.1, -0.05) is 22.0 Å². The Morgan fingerprint density at radius 2 is 1.95 bits per heavy atom. The molecule has 0 aliphatic rings. The molecular weight excluding hydrogens is 334 g/mol. The van der Waals surface area contributed by atoms with Crippen molar-refractivity contribution < 1.29 is 13.7 Å². The van der Waals surface area contributed by atoms with E-state index in [0.29, 0.717) is 4.47 Å². The molecule has 0 unspecified atom stereocenters. The number of benzene rings is 2. The Kier molecular flexibility index (Phi) is 4.29. The molecular formula is C13H9BrF2N2O2. The second-order valence-electron chi connectivity index (χ2n) is 4.01. The fourth-order valence-corrected chi connectivity index (χ4v) is 2.01. The molecule has 2 aromatic rings. The van der Waals surface area contributed by atoms with Gasteiger partial charge in [-0.25, -0.2) is 8.78 Å². The average Bonchev–Trinajstić information content (AvgIpc) is 2.38. The fourth-order valence-electron chi connectivity index (χ4n) is 1.66. The lowest BCUT2D eigenvalue weighted by atomic mass is 10.2. The van der Waals surface area contributed by atoms with Crippen LogP contribution in [0.1, 0.15) is 5.56 Å². The third kappa shape index (κ3) is 3.30. The molecule has 0 fully saturated rings. The molecule has 0 aliphatic heterocycles. The van der Waals surface area contributed by atoms with Crippen molar-refractivity contribution in [2.45, 2.75) is 6.54 Å². The zero-order valence-electron chi connectivity index (χ0n) is 10.1. The lowest BCUT2D eigenvalue weighted by molar-refractivity contribution is -0.384. The molecule has 2 aromatic carbocycles. The number of nitrogens with zero attached hydrogens (tertiary/aromatic N) is 1. The van der Waals surface area contributed by atoms with Gasteiger partial charge in [-0.15, -0.1) is 0 Å². The van der Waals surface area contributed by atoms with Crippen molar-refractivity contribution in [3.8, 4) is 0 Å². The molecule has 0 aromatic heterocycles.